The van der Waals surface area contributed by atoms with Gasteiger partial charge in [0.2, 0.25) is 0 Å². The van der Waals surface area contributed by atoms with E-state index in [1.54, 1.807) is 23.1 Å². The fraction of sp³-hybridized carbons (Fsp3) is 0.182. The summed E-state index contributed by atoms with van der Waals surface area (Å²) in [5.74, 6) is -0.611. The van der Waals surface area contributed by atoms with Gasteiger partial charge in [-0.15, -0.1) is 11.3 Å². The van der Waals surface area contributed by atoms with Crippen molar-refractivity contribution in [3.63, 3.8) is 0 Å². The Morgan fingerprint density at radius 3 is 2.33 bits per heavy atom. The minimum absolute atomic E-state index is 0.00171. The van der Waals surface area contributed by atoms with Crippen LogP contribution in [0, 0.1) is 6.92 Å². The average Bonchev–Trinajstić information content (AvgIpc) is 3.47. The van der Waals surface area contributed by atoms with Crippen LogP contribution in [0.1, 0.15) is 61.5 Å². The first-order chi connectivity index (χ1) is 19.4. The molecule has 40 heavy (non-hydrogen) atoms. The second-order valence-electron chi connectivity index (χ2n) is 10.1. The maximum absolute atomic E-state index is 14.2. The molecule has 0 unspecified atom stereocenters. The number of thiophene rings is 1. The number of benzene rings is 3. The Kier molecular flexibility index (Phi) is 6.82. The lowest BCUT2D eigenvalue weighted by Crippen LogP contribution is -2.38. The normalized spacial score (nSPS) is 18.4. The third-order valence-corrected chi connectivity index (χ3v) is 8.49. The number of aryl methyl sites for hydroxylation is 1. The molecule has 0 bridgehead atoms. The molecule has 0 saturated carbocycles. The van der Waals surface area contributed by atoms with E-state index >= 15 is 0 Å². The van der Waals surface area contributed by atoms with E-state index in [4.69, 9.17) is 4.74 Å². The number of anilines is 2. The number of hydrogen-bond acceptors (Lipinski definition) is 6. The third-order valence-electron chi connectivity index (χ3n) is 7.64. The van der Waals surface area contributed by atoms with Gasteiger partial charge in [0.25, 0.3) is 5.91 Å². The Hall–Kier alpha value is -4.49. The van der Waals surface area contributed by atoms with E-state index in [1.807, 2.05) is 47.8 Å². The topological polar surface area (TPSA) is 75.7 Å². The molecule has 3 aromatic carbocycles. The number of amides is 1. The summed E-state index contributed by atoms with van der Waals surface area (Å²) in [5, 5.41) is 5.44. The summed E-state index contributed by atoms with van der Waals surface area (Å²) in [4.78, 5) is 42.8. The predicted octanol–water partition coefficient (Wildman–Crippen LogP) is 7.06. The van der Waals surface area contributed by atoms with Crippen molar-refractivity contribution < 1.29 is 19.1 Å². The molecule has 0 spiro atoms. The van der Waals surface area contributed by atoms with E-state index in [1.165, 1.54) is 24.0 Å². The Balaban J connectivity index is 1.54. The van der Waals surface area contributed by atoms with Gasteiger partial charge in [0, 0.05) is 17.7 Å². The number of ketones is 1. The van der Waals surface area contributed by atoms with Gasteiger partial charge in [0.1, 0.15) is 0 Å². The summed E-state index contributed by atoms with van der Waals surface area (Å²) in [7, 11) is 1.34. The monoisotopic (exact) mass is 548 g/mol. The van der Waals surface area contributed by atoms with Crippen LogP contribution < -0.4 is 10.2 Å². The number of allylic oxidation sites excluding steroid dienone is 1. The largest absolute Gasteiger partial charge is 0.465 e. The highest BCUT2D eigenvalue weighted by Crippen LogP contribution is 2.48. The van der Waals surface area contributed by atoms with Crippen LogP contribution in [0.2, 0.25) is 0 Å². The number of nitrogens with zero attached hydrogens (tertiary/aromatic N) is 1. The lowest BCUT2D eigenvalue weighted by atomic mass is 9.78. The van der Waals surface area contributed by atoms with Crippen LogP contribution in [0.25, 0.3) is 0 Å². The predicted molar refractivity (Wildman–Crippen MR) is 157 cm³/mol. The van der Waals surface area contributed by atoms with Gasteiger partial charge in [-0.05, 0) is 66.1 Å². The number of esters is 1. The zero-order valence-corrected chi connectivity index (χ0v) is 23.0. The summed E-state index contributed by atoms with van der Waals surface area (Å²) in [6.45, 7) is 2.05. The molecule has 2 heterocycles. The molecular formula is C33H28N2O4S. The molecule has 1 aliphatic heterocycles. The van der Waals surface area contributed by atoms with Crippen LogP contribution in [0.5, 0.6) is 0 Å². The summed E-state index contributed by atoms with van der Waals surface area (Å²) in [5.41, 5.74) is 6.29. The first-order valence-corrected chi connectivity index (χ1v) is 14.1. The van der Waals surface area contributed by atoms with Gasteiger partial charge < -0.3 is 10.1 Å². The molecule has 0 radical (unpaired) electrons. The molecule has 1 aliphatic carbocycles. The molecule has 200 valence electrons. The van der Waals surface area contributed by atoms with Crippen LogP contribution in [0.3, 0.4) is 0 Å². The number of hydrogen-bond donors (Lipinski definition) is 1. The Morgan fingerprint density at radius 1 is 0.900 bits per heavy atom. The molecular weight excluding hydrogens is 520 g/mol. The molecule has 2 aliphatic rings. The molecule has 2 atom stereocenters. The number of carbonyl (C=O) groups is 3. The van der Waals surface area contributed by atoms with Crippen molar-refractivity contribution in [3.05, 3.63) is 129 Å². The molecule has 6 nitrogen and oxygen atoms in total. The lowest BCUT2D eigenvalue weighted by Gasteiger charge is -2.35. The van der Waals surface area contributed by atoms with Crippen molar-refractivity contribution in [2.75, 3.05) is 17.3 Å². The number of methoxy groups -OCH3 is 1. The zero-order valence-electron chi connectivity index (χ0n) is 22.2. The Labute approximate surface area is 236 Å². The molecule has 4 aromatic rings. The number of para-hydroxylation sites is 2. The van der Waals surface area contributed by atoms with Crippen molar-refractivity contribution in [1.29, 1.82) is 0 Å². The number of nitrogens with one attached hydrogen (secondary N) is 1. The second kappa shape index (κ2) is 10.6. The molecule has 7 heteroatoms. The fourth-order valence-electron chi connectivity index (χ4n) is 5.64. The van der Waals surface area contributed by atoms with Gasteiger partial charge in [0.05, 0.1) is 35.0 Å². The van der Waals surface area contributed by atoms with Gasteiger partial charge in [0.15, 0.2) is 5.78 Å². The van der Waals surface area contributed by atoms with Crippen LogP contribution in [0.4, 0.5) is 11.4 Å². The highest BCUT2D eigenvalue weighted by Gasteiger charge is 2.42. The molecule has 0 fully saturated rings. The number of ether oxygens (including phenoxy) is 1. The highest BCUT2D eigenvalue weighted by atomic mass is 32.1. The van der Waals surface area contributed by atoms with Gasteiger partial charge >= 0.3 is 5.97 Å². The van der Waals surface area contributed by atoms with E-state index in [2.05, 4.69) is 36.5 Å². The number of fused-ring (bicyclic) bond motifs is 1. The third kappa shape index (κ3) is 4.62. The quantitative estimate of drug-likeness (QED) is 0.277. The molecule has 1 amide bonds. The number of rotatable bonds is 4. The van der Waals surface area contributed by atoms with Gasteiger partial charge in [-0.2, -0.15) is 0 Å². The minimum atomic E-state index is -0.682. The van der Waals surface area contributed by atoms with Gasteiger partial charge in [-0.1, -0.05) is 60.2 Å². The van der Waals surface area contributed by atoms with E-state index in [9.17, 15) is 14.4 Å². The Morgan fingerprint density at radius 2 is 1.62 bits per heavy atom. The van der Waals surface area contributed by atoms with E-state index in [-0.39, 0.29) is 17.6 Å². The van der Waals surface area contributed by atoms with Gasteiger partial charge in [-0.25, -0.2) is 4.79 Å². The van der Waals surface area contributed by atoms with Crippen LogP contribution in [-0.2, 0) is 9.53 Å². The summed E-state index contributed by atoms with van der Waals surface area (Å²) < 4.78 is 4.88. The maximum Gasteiger partial charge on any atom is 0.337 e. The second-order valence-corrected chi connectivity index (χ2v) is 11.1. The van der Waals surface area contributed by atoms with Crippen LogP contribution in [0.15, 0.2) is 102 Å². The van der Waals surface area contributed by atoms with Gasteiger partial charge in [-0.3, -0.25) is 14.5 Å². The average molecular weight is 549 g/mol. The zero-order chi connectivity index (χ0) is 27.8. The maximum atomic E-state index is 14.2. The first-order valence-electron chi connectivity index (χ1n) is 13.2. The van der Waals surface area contributed by atoms with Crippen LogP contribution >= 0.6 is 11.3 Å². The van der Waals surface area contributed by atoms with E-state index < -0.39 is 12.0 Å². The summed E-state index contributed by atoms with van der Waals surface area (Å²) in [6, 6.07) is 26.0. The highest BCUT2D eigenvalue weighted by molar-refractivity contribution is 7.12. The molecule has 1 N–H and O–H groups in total. The molecule has 0 saturated heterocycles. The Bertz CT molecular complexity index is 1620. The summed E-state index contributed by atoms with van der Waals surface area (Å²) in [6.07, 6.45) is 0.980. The fourth-order valence-corrected chi connectivity index (χ4v) is 6.30. The number of carbonyl (C=O) groups excluding carboxylic acids is 3. The standard InChI is InChI=1S/C33H28N2O4S/c1-20-9-11-21(12-10-20)24-18-26-30(28(36)19-24)31(22-13-15-23(16-14-22)33(38)39-2)35(32(37)29-8-5-17-40-29)27-7-4-3-6-25(27)34-26/h3-17,24,31,34H,18-19H2,1-2H3/t24-,31-/m0/s1. The first kappa shape index (κ1) is 25.8. The number of Topliss-reactive ketones (excluding diaryl/α,β-unsaturated/α-hetero) is 1. The van der Waals surface area contributed by atoms with Crippen LogP contribution in [-0.4, -0.2) is 24.8 Å². The van der Waals surface area contributed by atoms with Crippen molar-refractivity contribution in [1.82, 2.24) is 0 Å². The van der Waals surface area contributed by atoms with Crippen molar-refractivity contribution in [2.24, 2.45) is 0 Å². The SMILES string of the molecule is COC(=O)c1ccc([C@H]2C3=C(C[C@H](c4ccc(C)cc4)CC3=O)Nc3ccccc3N2C(=O)c2cccs2)cc1. The van der Waals surface area contributed by atoms with Crippen molar-refractivity contribution in [3.8, 4) is 0 Å². The van der Waals surface area contributed by atoms with E-state index in [0.717, 1.165) is 22.5 Å². The van der Waals surface area contributed by atoms with Crippen molar-refractivity contribution in [2.45, 2.75) is 31.7 Å². The minimum Gasteiger partial charge on any atom is -0.465 e. The summed E-state index contributed by atoms with van der Waals surface area (Å²) >= 11 is 1.37. The molecule has 6 rings (SSSR count). The lowest BCUT2D eigenvalue weighted by molar-refractivity contribution is -0.116. The molecule has 1 aromatic heterocycles. The van der Waals surface area contributed by atoms with E-state index in [0.29, 0.717) is 34.5 Å². The van der Waals surface area contributed by atoms with Crippen molar-refractivity contribution >= 4 is 40.4 Å². The smallest absolute Gasteiger partial charge is 0.337 e.